The van der Waals surface area contributed by atoms with Crippen molar-refractivity contribution in [2.24, 2.45) is 5.92 Å². The summed E-state index contributed by atoms with van der Waals surface area (Å²) >= 11 is 0. The number of rotatable bonds is 8. The van der Waals surface area contributed by atoms with Gasteiger partial charge in [0.05, 0.1) is 11.8 Å². The molecule has 1 fully saturated rings. The molecule has 168 valence electrons. The topological polar surface area (TPSA) is 75.7 Å². The molecule has 0 radical (unpaired) electrons. The number of nitrogens with zero attached hydrogens (tertiary/aromatic N) is 1. The van der Waals surface area contributed by atoms with E-state index in [2.05, 4.69) is 5.32 Å². The van der Waals surface area contributed by atoms with Crippen LogP contribution < -0.4 is 10.1 Å². The molecule has 3 rings (SSSR count). The summed E-state index contributed by atoms with van der Waals surface area (Å²) in [5.41, 5.74) is 1.19. The molecule has 0 unspecified atom stereocenters. The van der Waals surface area contributed by atoms with Gasteiger partial charge in [-0.05, 0) is 44.4 Å². The number of hydrogen-bond donors (Lipinski definition) is 1. The third-order valence-electron chi connectivity index (χ3n) is 5.48. The lowest BCUT2D eigenvalue weighted by molar-refractivity contribution is -0.126. The van der Waals surface area contributed by atoms with Crippen molar-refractivity contribution in [3.05, 3.63) is 65.5 Å². The van der Waals surface area contributed by atoms with Gasteiger partial charge in [-0.1, -0.05) is 36.4 Å². The largest absolute Gasteiger partial charge is 0.491 e. The Hall–Kier alpha value is -2.45. The molecule has 2 aromatic rings. The molecular weight excluding hydrogens is 419 g/mol. The first-order chi connectivity index (χ1) is 14.8. The predicted molar refractivity (Wildman–Crippen MR) is 118 cm³/mol. The average Bonchev–Trinajstić information content (AvgIpc) is 2.75. The highest BCUT2D eigenvalue weighted by atomic mass is 32.2. The van der Waals surface area contributed by atoms with E-state index >= 15 is 0 Å². The van der Waals surface area contributed by atoms with Gasteiger partial charge in [0.25, 0.3) is 0 Å². The Morgan fingerprint density at radius 1 is 1.16 bits per heavy atom. The number of benzene rings is 2. The third-order valence-corrected chi connectivity index (χ3v) is 7.31. The lowest BCUT2D eigenvalue weighted by atomic mass is 9.97. The smallest absolute Gasteiger partial charge is 0.223 e. The molecule has 0 bridgehead atoms. The molecule has 1 saturated heterocycles. The van der Waals surface area contributed by atoms with Crippen LogP contribution in [-0.4, -0.2) is 44.4 Å². The molecule has 1 amide bonds. The first-order valence-corrected chi connectivity index (χ1v) is 12.1. The minimum Gasteiger partial charge on any atom is -0.491 e. The molecule has 0 aliphatic carbocycles. The van der Waals surface area contributed by atoms with Gasteiger partial charge in [-0.2, -0.15) is 0 Å². The molecule has 0 aromatic heterocycles. The summed E-state index contributed by atoms with van der Waals surface area (Å²) in [6, 6.07) is 13.4. The van der Waals surface area contributed by atoms with E-state index in [1.807, 2.05) is 38.1 Å². The minimum absolute atomic E-state index is 0.0907. The number of para-hydroxylation sites is 1. The Kier molecular flexibility index (Phi) is 7.67. The highest BCUT2D eigenvalue weighted by molar-refractivity contribution is 7.88. The van der Waals surface area contributed by atoms with Crippen LogP contribution in [0.25, 0.3) is 0 Å². The summed E-state index contributed by atoms with van der Waals surface area (Å²) < 4.78 is 46.3. The van der Waals surface area contributed by atoms with Crippen LogP contribution in [0.4, 0.5) is 4.39 Å². The van der Waals surface area contributed by atoms with Gasteiger partial charge in [-0.3, -0.25) is 4.79 Å². The van der Waals surface area contributed by atoms with Crippen LogP contribution in [0.1, 0.15) is 30.9 Å². The second kappa shape index (κ2) is 10.2. The number of nitrogens with one attached hydrogen (secondary N) is 1. The van der Waals surface area contributed by atoms with Crippen LogP contribution in [0.5, 0.6) is 5.75 Å². The lowest BCUT2D eigenvalue weighted by Crippen LogP contribution is -2.46. The van der Waals surface area contributed by atoms with Gasteiger partial charge in [-0.25, -0.2) is 17.1 Å². The van der Waals surface area contributed by atoms with E-state index in [9.17, 15) is 17.6 Å². The van der Waals surface area contributed by atoms with Crippen LogP contribution in [0.3, 0.4) is 0 Å². The molecule has 6 nitrogen and oxygen atoms in total. The van der Waals surface area contributed by atoms with Crippen molar-refractivity contribution in [2.45, 2.75) is 38.5 Å². The molecule has 1 atom stereocenters. The molecule has 1 N–H and O–H groups in total. The van der Waals surface area contributed by atoms with Gasteiger partial charge in [0.15, 0.2) is 0 Å². The van der Waals surface area contributed by atoms with E-state index in [1.54, 1.807) is 6.07 Å². The number of amides is 1. The molecule has 8 heteroatoms. The number of carbonyl (C=O) groups is 1. The fraction of sp³-hybridized carbons (Fsp3) is 0.435. The molecule has 31 heavy (non-hydrogen) atoms. The lowest BCUT2D eigenvalue weighted by Gasteiger charge is -2.31. The Labute approximate surface area is 183 Å². The number of hydrogen-bond acceptors (Lipinski definition) is 4. The number of ether oxygens (including phenoxy) is 1. The normalized spacial score (nSPS) is 16.6. The van der Waals surface area contributed by atoms with Gasteiger partial charge in [0.2, 0.25) is 15.9 Å². The first-order valence-electron chi connectivity index (χ1n) is 10.5. The van der Waals surface area contributed by atoms with Crippen molar-refractivity contribution in [3.8, 4) is 5.75 Å². The molecule has 0 saturated carbocycles. The second-order valence-corrected chi connectivity index (χ2v) is 9.98. The molecule has 1 heterocycles. The van der Waals surface area contributed by atoms with E-state index in [1.165, 1.54) is 22.5 Å². The molecule has 1 aliphatic rings. The zero-order chi connectivity index (χ0) is 22.4. The van der Waals surface area contributed by atoms with Crippen LogP contribution in [0.2, 0.25) is 0 Å². The monoisotopic (exact) mass is 448 g/mol. The van der Waals surface area contributed by atoms with Crippen molar-refractivity contribution in [1.29, 1.82) is 0 Å². The minimum atomic E-state index is -3.63. The maximum Gasteiger partial charge on any atom is 0.223 e. The zero-order valence-electron chi connectivity index (χ0n) is 17.9. The Morgan fingerprint density at radius 3 is 2.48 bits per heavy atom. The van der Waals surface area contributed by atoms with E-state index in [-0.39, 0.29) is 42.3 Å². The molecule has 2 aromatic carbocycles. The highest BCUT2D eigenvalue weighted by Crippen LogP contribution is 2.23. The summed E-state index contributed by atoms with van der Waals surface area (Å²) in [5, 5.41) is 2.96. The average molecular weight is 449 g/mol. The highest BCUT2D eigenvalue weighted by Gasteiger charge is 2.32. The summed E-state index contributed by atoms with van der Waals surface area (Å²) in [4.78, 5) is 12.6. The van der Waals surface area contributed by atoms with E-state index in [0.29, 0.717) is 19.4 Å². The zero-order valence-corrected chi connectivity index (χ0v) is 18.7. The van der Waals surface area contributed by atoms with Crippen LogP contribution in [0, 0.1) is 18.7 Å². The number of halogens is 1. The SMILES string of the molecule is Cc1ccccc1OC[C@@H](C)NC(=O)C1CCN(S(=O)(=O)Cc2ccccc2F)CC1. The van der Waals surface area contributed by atoms with Gasteiger partial charge >= 0.3 is 0 Å². The van der Waals surface area contributed by atoms with Crippen molar-refractivity contribution in [2.75, 3.05) is 19.7 Å². The maximum atomic E-state index is 13.8. The summed E-state index contributed by atoms with van der Waals surface area (Å²) in [6.45, 7) is 4.70. The number of sulfonamides is 1. The van der Waals surface area contributed by atoms with Crippen molar-refractivity contribution >= 4 is 15.9 Å². The number of aryl methyl sites for hydroxylation is 1. The van der Waals surface area contributed by atoms with E-state index < -0.39 is 15.8 Å². The molecular formula is C23H29FN2O4S. The van der Waals surface area contributed by atoms with E-state index in [0.717, 1.165) is 11.3 Å². The Morgan fingerprint density at radius 2 is 1.81 bits per heavy atom. The third kappa shape index (κ3) is 6.27. The summed E-state index contributed by atoms with van der Waals surface area (Å²) in [7, 11) is -3.63. The van der Waals surface area contributed by atoms with Crippen LogP contribution >= 0.6 is 0 Å². The van der Waals surface area contributed by atoms with Crippen molar-refractivity contribution in [3.63, 3.8) is 0 Å². The number of piperidine rings is 1. The van der Waals surface area contributed by atoms with Gasteiger partial charge in [0, 0.05) is 24.6 Å². The van der Waals surface area contributed by atoms with Gasteiger partial charge < -0.3 is 10.1 Å². The Balaban J connectivity index is 1.47. The molecule has 1 aliphatic heterocycles. The van der Waals surface area contributed by atoms with Crippen LogP contribution in [-0.2, 0) is 20.6 Å². The standard InChI is InChI=1S/C23H29FN2O4S/c1-17-7-3-6-10-22(17)30-15-18(2)25-23(27)19-11-13-26(14-12-19)31(28,29)16-20-8-4-5-9-21(20)24/h3-10,18-19H,11-16H2,1-2H3,(H,25,27)/t18-/m1/s1. The summed E-state index contributed by atoms with van der Waals surface area (Å²) in [5.74, 6) is -0.448. The quantitative estimate of drug-likeness (QED) is 0.673. The first kappa shape index (κ1) is 23.2. The van der Waals surface area contributed by atoms with Gasteiger partial charge in [0.1, 0.15) is 18.2 Å². The van der Waals surface area contributed by atoms with Gasteiger partial charge in [-0.15, -0.1) is 0 Å². The van der Waals surface area contributed by atoms with Crippen molar-refractivity contribution in [1.82, 2.24) is 9.62 Å². The van der Waals surface area contributed by atoms with E-state index in [4.69, 9.17) is 4.74 Å². The fourth-order valence-electron chi connectivity index (χ4n) is 3.63. The second-order valence-electron chi connectivity index (χ2n) is 8.01. The number of carbonyl (C=O) groups excluding carboxylic acids is 1. The molecule has 0 spiro atoms. The predicted octanol–water partition coefficient (Wildman–Crippen LogP) is 3.26. The van der Waals surface area contributed by atoms with Crippen molar-refractivity contribution < 1.29 is 22.3 Å². The Bertz CT molecular complexity index is 1000. The fourth-order valence-corrected chi connectivity index (χ4v) is 5.21. The summed E-state index contributed by atoms with van der Waals surface area (Å²) in [6.07, 6.45) is 0.876. The van der Waals surface area contributed by atoms with Crippen LogP contribution in [0.15, 0.2) is 48.5 Å². The maximum absolute atomic E-state index is 13.8.